The number of rotatable bonds is 4. The second kappa shape index (κ2) is 6.79. The Labute approximate surface area is 149 Å². The summed E-state index contributed by atoms with van der Waals surface area (Å²) in [5, 5.41) is 3.17. The number of carbonyl (C=O) groups is 2. The molecule has 2 unspecified atom stereocenters. The van der Waals surface area contributed by atoms with Crippen molar-refractivity contribution in [2.45, 2.75) is 38.8 Å². The molecule has 7 heteroatoms. The highest BCUT2D eigenvalue weighted by Crippen LogP contribution is 2.36. The fourth-order valence-corrected chi connectivity index (χ4v) is 4.75. The quantitative estimate of drug-likeness (QED) is 0.650. The van der Waals surface area contributed by atoms with E-state index in [0.717, 1.165) is 25.5 Å². The minimum absolute atomic E-state index is 0.0615. The highest BCUT2D eigenvalue weighted by atomic mass is 79.9. The summed E-state index contributed by atoms with van der Waals surface area (Å²) >= 11 is 10.3. The molecule has 1 saturated heterocycles. The molecule has 1 fully saturated rings. The van der Waals surface area contributed by atoms with Crippen molar-refractivity contribution in [3.05, 3.63) is 25.6 Å². The van der Waals surface area contributed by atoms with Crippen molar-refractivity contribution >= 4 is 65.3 Å². The molecule has 1 aliphatic rings. The molecule has 2 rings (SSSR count). The van der Waals surface area contributed by atoms with Crippen LogP contribution in [-0.2, 0) is 9.59 Å². The van der Waals surface area contributed by atoms with Crippen molar-refractivity contribution in [1.82, 2.24) is 4.90 Å². The normalized spacial score (nSPS) is 20.0. The number of carbonyl (C=O) groups excluding carboxylic acids is 2. The van der Waals surface area contributed by atoms with E-state index >= 15 is 0 Å². The Morgan fingerprint density at radius 2 is 1.86 bits per heavy atom. The maximum absolute atomic E-state index is 12.4. The zero-order valence-electron chi connectivity index (χ0n) is 11.6. The Morgan fingerprint density at radius 1 is 1.29 bits per heavy atom. The monoisotopic (exact) mass is 480 g/mol. The Hall–Kier alpha value is -0.400. The lowest BCUT2D eigenvalue weighted by molar-refractivity contribution is -0.140. The van der Waals surface area contributed by atoms with E-state index in [1.54, 1.807) is 0 Å². The first-order valence-electron chi connectivity index (χ1n) is 6.62. The number of anilines is 1. The summed E-state index contributed by atoms with van der Waals surface area (Å²) in [5.41, 5.74) is 0.773. The van der Waals surface area contributed by atoms with Gasteiger partial charge in [0.1, 0.15) is 6.04 Å². The van der Waals surface area contributed by atoms with E-state index in [1.807, 2.05) is 26.0 Å². The van der Waals surface area contributed by atoms with E-state index in [1.165, 1.54) is 4.90 Å². The van der Waals surface area contributed by atoms with Crippen molar-refractivity contribution < 1.29 is 9.59 Å². The Kier molecular flexibility index (Phi) is 5.48. The van der Waals surface area contributed by atoms with Gasteiger partial charge in [-0.3, -0.25) is 14.5 Å². The van der Waals surface area contributed by atoms with E-state index in [4.69, 9.17) is 0 Å². The van der Waals surface area contributed by atoms with Crippen molar-refractivity contribution in [3.63, 3.8) is 0 Å². The maximum Gasteiger partial charge on any atom is 0.252 e. The molecule has 2 atom stereocenters. The van der Waals surface area contributed by atoms with E-state index in [9.17, 15) is 9.59 Å². The predicted molar refractivity (Wildman–Crippen MR) is 93.2 cm³/mol. The predicted octanol–water partition coefficient (Wildman–Crippen LogP) is 4.31. The third kappa shape index (κ3) is 3.51. The number of benzene rings is 1. The van der Waals surface area contributed by atoms with Gasteiger partial charge in [-0.15, -0.1) is 0 Å². The van der Waals surface area contributed by atoms with Crippen LogP contribution in [0.3, 0.4) is 0 Å². The van der Waals surface area contributed by atoms with Crippen LogP contribution >= 0.6 is 47.8 Å². The Bertz CT molecular complexity index is 569. The summed E-state index contributed by atoms with van der Waals surface area (Å²) in [4.78, 5) is 25.8. The molecule has 0 aromatic heterocycles. The van der Waals surface area contributed by atoms with E-state index in [0.29, 0.717) is 0 Å². The number of likely N-dealkylation sites (tertiary alicyclic amines) is 1. The molecule has 1 aliphatic heterocycles. The van der Waals surface area contributed by atoms with Crippen molar-refractivity contribution in [2.24, 2.45) is 0 Å². The molecule has 1 aromatic rings. The lowest BCUT2D eigenvalue weighted by Gasteiger charge is -2.22. The second-order valence-corrected chi connectivity index (χ2v) is 7.63. The molecule has 114 valence electrons. The molecule has 4 nitrogen and oxygen atoms in total. The topological polar surface area (TPSA) is 49.4 Å². The van der Waals surface area contributed by atoms with Gasteiger partial charge in [0.25, 0.3) is 5.91 Å². The lowest BCUT2D eigenvalue weighted by Crippen LogP contribution is -2.40. The van der Waals surface area contributed by atoms with Crippen LogP contribution in [0.5, 0.6) is 0 Å². The number of hydrogen-bond donors (Lipinski definition) is 1. The molecule has 0 spiro atoms. The van der Waals surface area contributed by atoms with Gasteiger partial charge in [-0.05, 0) is 57.3 Å². The van der Waals surface area contributed by atoms with Gasteiger partial charge >= 0.3 is 0 Å². The molecular formula is C14H15Br3N2O2. The first kappa shape index (κ1) is 17.0. The van der Waals surface area contributed by atoms with Gasteiger partial charge in [0.2, 0.25) is 5.91 Å². The van der Waals surface area contributed by atoms with E-state index in [-0.39, 0.29) is 24.3 Å². The summed E-state index contributed by atoms with van der Waals surface area (Å²) in [6.45, 7) is 3.86. The average Bonchev–Trinajstić information content (AvgIpc) is 2.68. The third-order valence-corrected chi connectivity index (χ3v) is 5.25. The molecule has 0 bridgehead atoms. The number of amides is 2. The zero-order valence-corrected chi connectivity index (χ0v) is 16.4. The number of hydrogen-bond acceptors (Lipinski definition) is 3. The van der Waals surface area contributed by atoms with Crippen LogP contribution in [0.15, 0.2) is 25.6 Å². The van der Waals surface area contributed by atoms with Gasteiger partial charge in [-0.25, -0.2) is 0 Å². The molecule has 1 aromatic carbocycles. The number of nitrogens with zero attached hydrogens (tertiary/aromatic N) is 1. The summed E-state index contributed by atoms with van der Waals surface area (Å²) in [7, 11) is 0. The first-order chi connectivity index (χ1) is 9.85. The Morgan fingerprint density at radius 3 is 2.38 bits per heavy atom. The van der Waals surface area contributed by atoms with Crippen LogP contribution in [0.2, 0.25) is 0 Å². The number of imide groups is 1. The lowest BCUT2D eigenvalue weighted by atomic mass is 10.2. The minimum atomic E-state index is -0.514. The number of halogens is 3. The first-order valence-corrected chi connectivity index (χ1v) is 9.00. The number of nitrogens with one attached hydrogen (secondary N) is 1. The van der Waals surface area contributed by atoms with Crippen LogP contribution < -0.4 is 5.32 Å². The summed E-state index contributed by atoms with van der Waals surface area (Å²) in [5.74, 6) is -0.271. The van der Waals surface area contributed by atoms with E-state index < -0.39 is 6.04 Å². The second-order valence-electron chi connectivity index (χ2n) is 5.00. The standard InChI is InChI=1S/C14H15Br3N2O2/c1-3-7(2)19-12(20)6-11(14(19)21)18-13-9(16)4-8(15)5-10(13)17/h4-5,7,11,18H,3,6H2,1-2H3. The highest BCUT2D eigenvalue weighted by molar-refractivity contribution is 9.11. The van der Waals surface area contributed by atoms with Gasteiger partial charge < -0.3 is 5.32 Å². The largest absolute Gasteiger partial charge is 0.371 e. The fraction of sp³-hybridized carbons (Fsp3) is 0.429. The third-order valence-electron chi connectivity index (χ3n) is 3.54. The van der Waals surface area contributed by atoms with Crippen LogP contribution in [-0.4, -0.2) is 28.8 Å². The molecule has 0 radical (unpaired) electrons. The van der Waals surface area contributed by atoms with Gasteiger partial charge in [-0.2, -0.15) is 0 Å². The molecule has 21 heavy (non-hydrogen) atoms. The zero-order chi connectivity index (χ0) is 15.7. The van der Waals surface area contributed by atoms with Crippen molar-refractivity contribution in [1.29, 1.82) is 0 Å². The average molecular weight is 483 g/mol. The van der Waals surface area contributed by atoms with Crippen molar-refractivity contribution in [2.75, 3.05) is 5.32 Å². The molecule has 0 saturated carbocycles. The molecule has 1 N–H and O–H groups in total. The van der Waals surface area contributed by atoms with Crippen LogP contribution in [0, 0.1) is 0 Å². The maximum atomic E-state index is 12.4. The summed E-state index contributed by atoms with van der Waals surface area (Å²) in [6.07, 6.45) is 0.952. The summed E-state index contributed by atoms with van der Waals surface area (Å²) < 4.78 is 2.57. The van der Waals surface area contributed by atoms with Crippen molar-refractivity contribution in [3.8, 4) is 0 Å². The molecule has 0 aliphatic carbocycles. The SMILES string of the molecule is CCC(C)N1C(=O)CC(Nc2c(Br)cc(Br)cc2Br)C1=O. The molecule has 2 amide bonds. The van der Waals surface area contributed by atoms with E-state index in [2.05, 4.69) is 53.1 Å². The van der Waals surface area contributed by atoms with Crippen LogP contribution in [0.4, 0.5) is 5.69 Å². The van der Waals surface area contributed by atoms with Gasteiger partial charge in [0.15, 0.2) is 0 Å². The van der Waals surface area contributed by atoms with Gasteiger partial charge in [-0.1, -0.05) is 22.9 Å². The molecular weight excluding hydrogens is 468 g/mol. The summed E-state index contributed by atoms with van der Waals surface area (Å²) in [6, 6.07) is 3.20. The smallest absolute Gasteiger partial charge is 0.252 e. The highest BCUT2D eigenvalue weighted by Gasteiger charge is 2.40. The fourth-order valence-electron chi connectivity index (χ4n) is 2.26. The Balaban J connectivity index is 2.22. The molecule has 1 heterocycles. The van der Waals surface area contributed by atoms with Gasteiger partial charge in [0.05, 0.1) is 12.1 Å². The van der Waals surface area contributed by atoms with Crippen LogP contribution in [0.1, 0.15) is 26.7 Å². The minimum Gasteiger partial charge on any atom is -0.371 e. The van der Waals surface area contributed by atoms with Crippen LogP contribution in [0.25, 0.3) is 0 Å². The van der Waals surface area contributed by atoms with Gasteiger partial charge in [0, 0.05) is 19.5 Å².